The van der Waals surface area contributed by atoms with Crippen LogP contribution in [0.2, 0.25) is 0 Å². The molecule has 0 amide bonds. The molecule has 1 aromatic carbocycles. The van der Waals surface area contributed by atoms with Crippen LogP contribution in [0.15, 0.2) is 18.2 Å². The van der Waals surface area contributed by atoms with E-state index in [4.69, 9.17) is 0 Å². The van der Waals surface area contributed by atoms with Gasteiger partial charge < -0.3 is 0 Å². The van der Waals surface area contributed by atoms with Crippen LogP contribution in [0.5, 0.6) is 0 Å². The maximum atomic E-state index is 2.32. The first-order valence-corrected chi connectivity index (χ1v) is 6.78. The maximum Gasteiger partial charge on any atom is -0.0250 e. The first kappa shape index (κ1) is 13.3. The molecule has 0 spiro atoms. The zero-order chi connectivity index (χ0) is 12.0. The van der Waals surface area contributed by atoms with Gasteiger partial charge in [0, 0.05) is 0 Å². The summed E-state index contributed by atoms with van der Waals surface area (Å²) < 4.78 is 0. The Morgan fingerprint density at radius 2 is 1.44 bits per heavy atom. The van der Waals surface area contributed by atoms with Crippen molar-refractivity contribution in [3.63, 3.8) is 0 Å². The Morgan fingerprint density at radius 1 is 0.938 bits per heavy atom. The molecule has 16 heavy (non-hydrogen) atoms. The van der Waals surface area contributed by atoms with Crippen LogP contribution in [0, 0.1) is 5.92 Å². The molecule has 1 rings (SSSR count). The molecule has 0 saturated heterocycles. The van der Waals surface area contributed by atoms with Gasteiger partial charge in [-0.05, 0) is 41.9 Å². The van der Waals surface area contributed by atoms with Gasteiger partial charge in [-0.1, -0.05) is 58.7 Å². The van der Waals surface area contributed by atoms with Gasteiger partial charge in [0.2, 0.25) is 0 Å². The predicted octanol–water partition coefficient (Wildman–Crippen LogP) is 4.79. The van der Waals surface area contributed by atoms with E-state index < -0.39 is 0 Å². The molecule has 0 bridgehead atoms. The largest absolute Gasteiger partial charge is 0.0651 e. The van der Waals surface area contributed by atoms with Crippen LogP contribution in [0.4, 0.5) is 0 Å². The zero-order valence-electron chi connectivity index (χ0n) is 11.3. The third kappa shape index (κ3) is 3.66. The van der Waals surface area contributed by atoms with Crippen molar-refractivity contribution in [2.45, 2.75) is 59.8 Å². The highest BCUT2D eigenvalue weighted by atomic mass is 14.1. The van der Waals surface area contributed by atoms with Crippen molar-refractivity contribution in [3.8, 4) is 0 Å². The Labute approximate surface area is 101 Å². The molecule has 0 aliphatic heterocycles. The fraction of sp³-hybridized carbons (Fsp3) is 0.625. The molecule has 0 nitrogen and oxygen atoms in total. The van der Waals surface area contributed by atoms with Crippen molar-refractivity contribution in [3.05, 3.63) is 34.9 Å². The molecule has 0 aliphatic carbocycles. The van der Waals surface area contributed by atoms with Crippen molar-refractivity contribution in [2.75, 3.05) is 0 Å². The highest BCUT2D eigenvalue weighted by Gasteiger charge is 2.08. The SMILES string of the molecule is CCCc1cccc(CCC)c1CC(C)C. The normalized spacial score (nSPS) is 11.1. The summed E-state index contributed by atoms with van der Waals surface area (Å²) in [5.74, 6) is 0.758. The molecule has 90 valence electrons. The minimum atomic E-state index is 0.758. The highest BCUT2D eigenvalue weighted by Crippen LogP contribution is 2.21. The number of aryl methyl sites for hydroxylation is 2. The lowest BCUT2D eigenvalue weighted by Gasteiger charge is -2.16. The van der Waals surface area contributed by atoms with Gasteiger partial charge in [0.05, 0.1) is 0 Å². The Kier molecular flexibility index (Phi) is 5.59. The Morgan fingerprint density at radius 3 is 1.81 bits per heavy atom. The molecule has 0 N–H and O–H groups in total. The summed E-state index contributed by atoms with van der Waals surface area (Å²) in [4.78, 5) is 0. The lowest BCUT2D eigenvalue weighted by molar-refractivity contribution is 0.635. The minimum absolute atomic E-state index is 0.758. The summed E-state index contributed by atoms with van der Waals surface area (Å²) in [5, 5.41) is 0. The summed E-state index contributed by atoms with van der Waals surface area (Å²) in [6.07, 6.45) is 6.21. The summed E-state index contributed by atoms with van der Waals surface area (Å²) in [7, 11) is 0. The second-order valence-electron chi connectivity index (χ2n) is 5.15. The van der Waals surface area contributed by atoms with Crippen molar-refractivity contribution in [2.24, 2.45) is 5.92 Å². The maximum absolute atomic E-state index is 2.32. The summed E-state index contributed by atoms with van der Waals surface area (Å²) in [6.45, 7) is 9.17. The van der Waals surface area contributed by atoms with Crippen LogP contribution in [0.25, 0.3) is 0 Å². The van der Waals surface area contributed by atoms with E-state index in [-0.39, 0.29) is 0 Å². The van der Waals surface area contributed by atoms with E-state index >= 15 is 0 Å². The molecule has 0 aromatic heterocycles. The highest BCUT2D eigenvalue weighted by molar-refractivity contribution is 5.36. The topological polar surface area (TPSA) is 0 Å². The quantitative estimate of drug-likeness (QED) is 0.644. The molecule has 1 aromatic rings. The number of benzene rings is 1. The average molecular weight is 218 g/mol. The molecule has 0 saturated carbocycles. The second kappa shape index (κ2) is 6.73. The molecular formula is C16H26. The molecule has 0 fully saturated rings. The summed E-state index contributed by atoms with van der Waals surface area (Å²) in [6, 6.07) is 6.88. The standard InChI is InChI=1S/C16H26/c1-5-8-14-10-7-11-15(9-6-2)16(14)12-13(3)4/h7,10-11,13H,5-6,8-9,12H2,1-4H3. The summed E-state index contributed by atoms with van der Waals surface area (Å²) in [5.41, 5.74) is 4.81. The smallest absolute Gasteiger partial charge is 0.0250 e. The van der Waals surface area contributed by atoms with Gasteiger partial charge in [0.1, 0.15) is 0 Å². The van der Waals surface area contributed by atoms with E-state index in [2.05, 4.69) is 45.9 Å². The third-order valence-corrected chi connectivity index (χ3v) is 3.02. The Balaban J connectivity index is 3.01. The molecular weight excluding hydrogens is 192 g/mol. The first-order valence-electron chi connectivity index (χ1n) is 6.78. The van der Waals surface area contributed by atoms with Crippen LogP contribution < -0.4 is 0 Å². The van der Waals surface area contributed by atoms with E-state index in [1.54, 1.807) is 16.7 Å². The van der Waals surface area contributed by atoms with Crippen molar-refractivity contribution in [1.29, 1.82) is 0 Å². The zero-order valence-corrected chi connectivity index (χ0v) is 11.3. The van der Waals surface area contributed by atoms with Crippen LogP contribution in [0.3, 0.4) is 0 Å². The van der Waals surface area contributed by atoms with E-state index in [0.29, 0.717) is 0 Å². The monoisotopic (exact) mass is 218 g/mol. The summed E-state index contributed by atoms with van der Waals surface area (Å²) >= 11 is 0. The van der Waals surface area contributed by atoms with Crippen LogP contribution in [0.1, 0.15) is 57.2 Å². The van der Waals surface area contributed by atoms with Gasteiger partial charge in [-0.2, -0.15) is 0 Å². The third-order valence-electron chi connectivity index (χ3n) is 3.02. The van der Waals surface area contributed by atoms with E-state index in [1.807, 2.05) is 0 Å². The number of hydrogen-bond donors (Lipinski definition) is 0. The molecule has 0 heterocycles. The van der Waals surface area contributed by atoms with Gasteiger partial charge in [-0.3, -0.25) is 0 Å². The van der Waals surface area contributed by atoms with Gasteiger partial charge in [0.15, 0.2) is 0 Å². The van der Waals surface area contributed by atoms with E-state index in [1.165, 1.54) is 32.1 Å². The minimum Gasteiger partial charge on any atom is -0.0651 e. The predicted molar refractivity (Wildman–Crippen MR) is 73.0 cm³/mol. The molecule has 0 atom stereocenters. The van der Waals surface area contributed by atoms with Crippen LogP contribution in [-0.4, -0.2) is 0 Å². The van der Waals surface area contributed by atoms with Crippen molar-refractivity contribution in [1.82, 2.24) is 0 Å². The number of rotatable bonds is 6. The second-order valence-corrected chi connectivity index (χ2v) is 5.15. The lowest BCUT2D eigenvalue weighted by atomic mass is 9.90. The molecule has 0 radical (unpaired) electrons. The molecule has 0 unspecified atom stereocenters. The van der Waals surface area contributed by atoms with Crippen LogP contribution >= 0.6 is 0 Å². The molecule has 0 heteroatoms. The molecule has 0 aliphatic rings. The Hall–Kier alpha value is -0.780. The van der Waals surface area contributed by atoms with Crippen LogP contribution in [-0.2, 0) is 19.3 Å². The Bertz CT molecular complexity index is 286. The van der Waals surface area contributed by atoms with E-state index in [9.17, 15) is 0 Å². The van der Waals surface area contributed by atoms with Crippen molar-refractivity contribution < 1.29 is 0 Å². The van der Waals surface area contributed by atoms with Gasteiger partial charge in [0.25, 0.3) is 0 Å². The average Bonchev–Trinajstić information content (AvgIpc) is 2.23. The van der Waals surface area contributed by atoms with Crippen molar-refractivity contribution >= 4 is 0 Å². The fourth-order valence-electron chi connectivity index (χ4n) is 2.37. The van der Waals surface area contributed by atoms with Gasteiger partial charge in [-0.25, -0.2) is 0 Å². The lowest BCUT2D eigenvalue weighted by Crippen LogP contribution is -2.04. The fourth-order valence-corrected chi connectivity index (χ4v) is 2.37. The first-order chi connectivity index (χ1) is 7.69. The van der Waals surface area contributed by atoms with Gasteiger partial charge >= 0.3 is 0 Å². The van der Waals surface area contributed by atoms with E-state index in [0.717, 1.165) is 5.92 Å². The van der Waals surface area contributed by atoms with Gasteiger partial charge in [-0.15, -0.1) is 0 Å². The number of hydrogen-bond acceptors (Lipinski definition) is 0.